The van der Waals surface area contributed by atoms with Crippen LogP contribution in [0.3, 0.4) is 0 Å². The third kappa shape index (κ3) is 2.02. The van der Waals surface area contributed by atoms with Gasteiger partial charge in [0.2, 0.25) is 6.79 Å². The molecule has 7 heteroatoms. The molecule has 4 aliphatic rings. The van der Waals surface area contributed by atoms with Crippen molar-refractivity contribution >= 4 is 6.09 Å². The highest BCUT2D eigenvalue weighted by Crippen LogP contribution is 2.54. The lowest BCUT2D eigenvalue weighted by Crippen LogP contribution is -2.46. The number of aliphatic hydroxyl groups excluding tert-OH is 1. The van der Waals surface area contributed by atoms with Crippen molar-refractivity contribution in [2.75, 3.05) is 19.9 Å². The van der Waals surface area contributed by atoms with Crippen molar-refractivity contribution in [2.24, 2.45) is 5.73 Å². The quantitative estimate of drug-likeness (QED) is 0.796. The maximum Gasteiger partial charge on any atom is 0.409 e. The van der Waals surface area contributed by atoms with Crippen molar-refractivity contribution in [3.63, 3.8) is 0 Å². The monoisotopic (exact) mass is 344 g/mol. The average Bonchev–Trinajstić information content (AvgIpc) is 3.22. The molecule has 0 aromatic heterocycles. The van der Waals surface area contributed by atoms with Gasteiger partial charge in [0.15, 0.2) is 11.5 Å². The molecular weight excluding hydrogens is 324 g/mol. The summed E-state index contributed by atoms with van der Waals surface area (Å²) in [5.41, 5.74) is 7.04. The Morgan fingerprint density at radius 3 is 2.92 bits per heavy atom. The first-order valence-electron chi connectivity index (χ1n) is 8.64. The number of nitrogens with two attached hydrogens (primary N) is 1. The SMILES string of the molecule is NC(=O)OC1=C[C@]23CCCN2CCc2cc4c(cc2[C@@H]3[C@@H]1O)OCO4. The predicted octanol–water partition coefficient (Wildman–Crippen LogP) is 1.24. The lowest BCUT2D eigenvalue weighted by atomic mass is 9.78. The van der Waals surface area contributed by atoms with Crippen LogP contribution in [-0.4, -0.2) is 47.6 Å². The number of amides is 1. The summed E-state index contributed by atoms with van der Waals surface area (Å²) < 4.78 is 16.2. The summed E-state index contributed by atoms with van der Waals surface area (Å²) in [6.45, 7) is 2.07. The summed E-state index contributed by atoms with van der Waals surface area (Å²) >= 11 is 0. The van der Waals surface area contributed by atoms with Crippen LogP contribution < -0.4 is 15.2 Å². The molecule has 25 heavy (non-hydrogen) atoms. The maximum absolute atomic E-state index is 11.3. The van der Waals surface area contributed by atoms with E-state index in [1.54, 1.807) is 0 Å². The Morgan fingerprint density at radius 2 is 2.12 bits per heavy atom. The smallest absolute Gasteiger partial charge is 0.409 e. The van der Waals surface area contributed by atoms with Gasteiger partial charge in [-0.1, -0.05) is 0 Å². The van der Waals surface area contributed by atoms with Gasteiger partial charge in [0.05, 0.1) is 5.54 Å². The number of ether oxygens (including phenoxy) is 3. The number of benzene rings is 1. The summed E-state index contributed by atoms with van der Waals surface area (Å²) in [5.74, 6) is 1.51. The molecule has 1 saturated heterocycles. The molecule has 1 spiro atoms. The van der Waals surface area contributed by atoms with Crippen molar-refractivity contribution < 1.29 is 24.1 Å². The number of carbonyl (C=O) groups is 1. The first-order valence-corrected chi connectivity index (χ1v) is 8.64. The highest BCUT2D eigenvalue weighted by atomic mass is 16.7. The van der Waals surface area contributed by atoms with E-state index in [9.17, 15) is 9.90 Å². The molecule has 0 radical (unpaired) electrons. The molecule has 0 saturated carbocycles. The van der Waals surface area contributed by atoms with Gasteiger partial charge in [0.1, 0.15) is 11.9 Å². The number of hydrogen-bond donors (Lipinski definition) is 2. The van der Waals surface area contributed by atoms with Crippen molar-refractivity contribution in [3.8, 4) is 11.5 Å². The lowest BCUT2D eigenvalue weighted by Gasteiger charge is -2.38. The van der Waals surface area contributed by atoms with Gasteiger partial charge in [-0.2, -0.15) is 0 Å². The predicted molar refractivity (Wildman–Crippen MR) is 87.3 cm³/mol. The molecule has 1 aromatic carbocycles. The van der Waals surface area contributed by atoms with Gasteiger partial charge >= 0.3 is 6.09 Å². The summed E-state index contributed by atoms with van der Waals surface area (Å²) in [6.07, 6.45) is 2.95. The van der Waals surface area contributed by atoms with Crippen molar-refractivity contribution in [2.45, 2.75) is 36.8 Å². The number of nitrogens with zero attached hydrogens (tertiary/aromatic N) is 1. The Morgan fingerprint density at radius 1 is 1.32 bits per heavy atom. The van der Waals surface area contributed by atoms with Crippen LogP contribution in [0.1, 0.15) is 29.9 Å². The molecule has 5 rings (SSSR count). The molecule has 3 heterocycles. The normalized spacial score (nSPS) is 32.4. The number of hydrogen-bond acceptors (Lipinski definition) is 6. The van der Waals surface area contributed by atoms with Crippen LogP contribution in [0.25, 0.3) is 0 Å². The topological polar surface area (TPSA) is 94.3 Å². The second kappa shape index (κ2) is 5.12. The Bertz CT molecular complexity index is 792. The zero-order chi connectivity index (χ0) is 17.2. The molecule has 3 aliphatic heterocycles. The van der Waals surface area contributed by atoms with Gasteiger partial charge in [-0.3, -0.25) is 4.90 Å². The molecule has 3 N–H and O–H groups in total. The lowest BCUT2D eigenvalue weighted by molar-refractivity contribution is 0.0801. The van der Waals surface area contributed by atoms with Crippen LogP contribution in [0.4, 0.5) is 4.79 Å². The molecule has 132 valence electrons. The van der Waals surface area contributed by atoms with E-state index in [0.29, 0.717) is 5.75 Å². The van der Waals surface area contributed by atoms with Crippen LogP contribution in [0.2, 0.25) is 0 Å². The number of rotatable bonds is 1. The number of fused-ring (bicyclic) bond motifs is 3. The molecule has 1 fully saturated rings. The van der Waals surface area contributed by atoms with Crippen molar-refractivity contribution in [1.29, 1.82) is 0 Å². The second-order valence-corrected chi connectivity index (χ2v) is 7.13. The Balaban J connectivity index is 1.66. The van der Waals surface area contributed by atoms with Crippen LogP contribution >= 0.6 is 0 Å². The van der Waals surface area contributed by atoms with E-state index >= 15 is 0 Å². The van der Waals surface area contributed by atoms with E-state index in [-0.39, 0.29) is 24.0 Å². The van der Waals surface area contributed by atoms with Gasteiger partial charge < -0.3 is 25.1 Å². The maximum atomic E-state index is 11.3. The molecule has 0 unspecified atom stereocenters. The third-order valence-corrected chi connectivity index (χ3v) is 5.97. The second-order valence-electron chi connectivity index (χ2n) is 7.13. The minimum Gasteiger partial charge on any atom is -0.454 e. The van der Waals surface area contributed by atoms with Crippen LogP contribution in [-0.2, 0) is 11.2 Å². The fourth-order valence-electron chi connectivity index (χ4n) is 5.02. The molecule has 0 bridgehead atoms. The molecular formula is C18H20N2O5. The Kier molecular flexibility index (Phi) is 3.08. The molecule has 3 atom stereocenters. The molecule has 1 aromatic rings. The zero-order valence-electron chi connectivity index (χ0n) is 13.7. The minimum absolute atomic E-state index is 0.212. The summed E-state index contributed by atoms with van der Waals surface area (Å²) in [5, 5.41) is 11.0. The Labute approximate surface area is 144 Å². The first kappa shape index (κ1) is 15.0. The summed E-state index contributed by atoms with van der Waals surface area (Å²) in [4.78, 5) is 13.7. The molecule has 1 aliphatic carbocycles. The van der Waals surface area contributed by atoms with Crippen molar-refractivity contribution in [1.82, 2.24) is 4.90 Å². The van der Waals surface area contributed by atoms with E-state index < -0.39 is 12.2 Å². The van der Waals surface area contributed by atoms with Crippen LogP contribution in [0, 0.1) is 0 Å². The van der Waals surface area contributed by atoms with Crippen LogP contribution in [0.15, 0.2) is 24.0 Å². The highest BCUT2D eigenvalue weighted by Gasteiger charge is 2.56. The number of primary amides is 1. The zero-order valence-corrected chi connectivity index (χ0v) is 13.7. The number of aliphatic hydroxyl groups is 1. The minimum atomic E-state index is -0.912. The fraction of sp³-hybridized carbons (Fsp3) is 0.500. The van der Waals surface area contributed by atoms with Gasteiger partial charge in [-0.25, -0.2) is 4.79 Å². The first-order chi connectivity index (χ1) is 12.1. The van der Waals surface area contributed by atoms with Crippen molar-refractivity contribution in [3.05, 3.63) is 35.1 Å². The van der Waals surface area contributed by atoms with Gasteiger partial charge in [-0.15, -0.1) is 0 Å². The highest BCUT2D eigenvalue weighted by molar-refractivity contribution is 5.67. The van der Waals surface area contributed by atoms with E-state index in [2.05, 4.69) is 4.90 Å². The largest absolute Gasteiger partial charge is 0.454 e. The van der Waals surface area contributed by atoms with E-state index in [4.69, 9.17) is 19.9 Å². The summed E-state index contributed by atoms with van der Waals surface area (Å²) in [7, 11) is 0. The average molecular weight is 344 g/mol. The van der Waals surface area contributed by atoms with E-state index in [1.165, 1.54) is 0 Å². The van der Waals surface area contributed by atoms with Gasteiger partial charge in [0, 0.05) is 12.5 Å². The van der Waals surface area contributed by atoms with Gasteiger partial charge in [0.25, 0.3) is 0 Å². The standard InChI is InChI=1S/C18H20N2O5/c19-17(22)25-14-8-18-3-1-4-20(18)5-2-10-6-12-13(24-9-23-12)7-11(10)15(18)16(14)21/h6-8,15-16,21H,1-5,9H2,(H2,19,22)/t15-,16-,18+/m1/s1. The van der Waals surface area contributed by atoms with Gasteiger partial charge in [-0.05, 0) is 55.1 Å². The number of carbonyl (C=O) groups excluding carboxylic acids is 1. The Hall–Kier alpha value is -2.25. The van der Waals surface area contributed by atoms with E-state index in [1.807, 2.05) is 18.2 Å². The molecule has 1 amide bonds. The summed E-state index contributed by atoms with van der Waals surface area (Å²) in [6, 6.07) is 4.00. The molecule has 7 nitrogen and oxygen atoms in total. The van der Waals surface area contributed by atoms with Crippen LogP contribution in [0.5, 0.6) is 11.5 Å². The third-order valence-electron chi connectivity index (χ3n) is 5.97. The fourth-order valence-corrected chi connectivity index (χ4v) is 5.02. The van der Waals surface area contributed by atoms with E-state index in [0.717, 1.165) is 49.2 Å².